The van der Waals surface area contributed by atoms with Crippen LogP contribution in [0.2, 0.25) is 0 Å². The van der Waals surface area contributed by atoms with E-state index in [1.54, 1.807) is 0 Å². The summed E-state index contributed by atoms with van der Waals surface area (Å²) in [6.45, 7) is 19.2. The zero-order valence-corrected chi connectivity index (χ0v) is 33.8. The number of rotatable bonds is 11. The Labute approximate surface area is 313 Å². The van der Waals surface area contributed by atoms with Crippen molar-refractivity contribution in [3.8, 4) is 22.4 Å². The number of carbonyl (C=O) groups is 1. The SMILES string of the molecule is CCC(CC)C(=O)/C=C(\O)C(CC)CC.[CH2-][n+]1ccc(-c2cncc3cc(CC(C)C)oc23)cc1-c1[c-]c2ccccc2c(C(C)(C)C)c1.[Ir]. The van der Waals surface area contributed by atoms with Gasteiger partial charge in [0.15, 0.2) is 5.78 Å². The summed E-state index contributed by atoms with van der Waals surface area (Å²) >= 11 is 0. The number of hydrogen-bond acceptors (Lipinski definition) is 4. The molecule has 1 radical (unpaired) electrons. The van der Waals surface area contributed by atoms with Gasteiger partial charge >= 0.3 is 0 Å². The van der Waals surface area contributed by atoms with E-state index >= 15 is 0 Å². The molecule has 6 heteroatoms. The van der Waals surface area contributed by atoms with Gasteiger partial charge in [-0.15, -0.1) is 29.1 Å². The van der Waals surface area contributed by atoms with Crippen molar-refractivity contribution >= 4 is 27.5 Å². The number of nitrogens with zero attached hydrogens (tertiary/aromatic N) is 2. The summed E-state index contributed by atoms with van der Waals surface area (Å²) in [4.78, 5) is 16.2. The van der Waals surface area contributed by atoms with Crippen molar-refractivity contribution in [3.63, 3.8) is 0 Å². The third-order valence-electron chi connectivity index (χ3n) is 9.37. The molecule has 3 aromatic heterocycles. The van der Waals surface area contributed by atoms with Crippen LogP contribution in [0.3, 0.4) is 0 Å². The number of fused-ring (bicyclic) bond motifs is 2. The molecule has 0 saturated heterocycles. The summed E-state index contributed by atoms with van der Waals surface area (Å²) in [6, 6.07) is 20.7. The summed E-state index contributed by atoms with van der Waals surface area (Å²) < 4.78 is 8.20. The molecule has 50 heavy (non-hydrogen) atoms. The smallest absolute Gasteiger partial charge is 0.162 e. The van der Waals surface area contributed by atoms with Crippen molar-refractivity contribution < 1.29 is 39.0 Å². The van der Waals surface area contributed by atoms with Gasteiger partial charge in [-0.25, -0.2) is 0 Å². The van der Waals surface area contributed by atoms with E-state index in [0.29, 0.717) is 5.92 Å². The predicted molar refractivity (Wildman–Crippen MR) is 203 cm³/mol. The first-order chi connectivity index (χ1) is 23.3. The molecule has 5 rings (SSSR count). The number of aliphatic hydroxyl groups is 1. The molecule has 2 aromatic carbocycles. The number of pyridine rings is 2. The van der Waals surface area contributed by atoms with Crippen LogP contribution in [0, 0.1) is 30.9 Å². The molecule has 5 nitrogen and oxygen atoms in total. The number of benzene rings is 2. The second-order valence-corrected chi connectivity index (χ2v) is 14.6. The number of ketones is 1. The summed E-state index contributed by atoms with van der Waals surface area (Å²) in [5.74, 6) is 2.08. The van der Waals surface area contributed by atoms with Crippen molar-refractivity contribution in [2.24, 2.45) is 17.8 Å². The van der Waals surface area contributed by atoms with E-state index in [1.165, 1.54) is 17.0 Å². The number of allylic oxidation sites excluding steroid dienone is 2. The predicted octanol–water partition coefficient (Wildman–Crippen LogP) is 11.4. The molecule has 0 saturated carbocycles. The van der Waals surface area contributed by atoms with Crippen LogP contribution in [-0.2, 0) is 36.7 Å². The molecule has 0 bridgehead atoms. The molecule has 5 aromatic rings. The number of carbonyl (C=O) groups excluding carboxylic acids is 1. The van der Waals surface area contributed by atoms with Crippen LogP contribution >= 0.6 is 0 Å². The first-order valence-electron chi connectivity index (χ1n) is 17.9. The van der Waals surface area contributed by atoms with Gasteiger partial charge in [0.25, 0.3) is 0 Å². The molecule has 1 N–H and O–H groups in total. The molecule has 0 unspecified atom stereocenters. The number of aromatic nitrogens is 2. The van der Waals surface area contributed by atoms with Crippen molar-refractivity contribution in [2.45, 2.75) is 99.8 Å². The molecule has 269 valence electrons. The van der Waals surface area contributed by atoms with Crippen LogP contribution in [0.5, 0.6) is 0 Å². The maximum Gasteiger partial charge on any atom is 0.162 e. The second-order valence-electron chi connectivity index (χ2n) is 14.6. The maximum absolute atomic E-state index is 11.7. The molecule has 0 aliphatic rings. The summed E-state index contributed by atoms with van der Waals surface area (Å²) in [5.41, 5.74) is 6.26. The van der Waals surface area contributed by atoms with Crippen molar-refractivity contribution in [3.05, 3.63) is 103 Å². The van der Waals surface area contributed by atoms with E-state index in [1.807, 2.05) is 50.9 Å². The second kappa shape index (κ2) is 18.0. The van der Waals surface area contributed by atoms with Crippen molar-refractivity contribution in [1.29, 1.82) is 0 Å². The van der Waals surface area contributed by atoms with E-state index in [0.717, 1.165) is 76.6 Å². The quantitative estimate of drug-likeness (QED) is 0.0622. The van der Waals surface area contributed by atoms with Gasteiger partial charge in [-0.1, -0.05) is 91.5 Å². The Kier molecular flexibility index (Phi) is 14.6. The van der Waals surface area contributed by atoms with E-state index in [9.17, 15) is 9.90 Å². The molecular formula is C44H55IrN2O3-. The van der Waals surface area contributed by atoms with Crippen molar-refractivity contribution in [2.75, 3.05) is 0 Å². The molecule has 0 aliphatic heterocycles. The third kappa shape index (κ3) is 9.74. The van der Waals surface area contributed by atoms with Gasteiger partial charge in [-0.05, 0) is 60.8 Å². The minimum atomic E-state index is 0. The number of furan rings is 1. The molecule has 3 heterocycles. The van der Waals surface area contributed by atoms with Gasteiger partial charge in [-0.2, -0.15) is 0 Å². The van der Waals surface area contributed by atoms with Gasteiger partial charge in [0.1, 0.15) is 17.0 Å². The van der Waals surface area contributed by atoms with Gasteiger partial charge in [0.05, 0.1) is 12.0 Å². The van der Waals surface area contributed by atoms with Crippen LogP contribution in [0.15, 0.2) is 83.4 Å². The van der Waals surface area contributed by atoms with E-state index in [-0.39, 0.29) is 48.9 Å². The Morgan fingerprint density at radius 3 is 2.26 bits per heavy atom. The van der Waals surface area contributed by atoms with Crippen LogP contribution in [0.1, 0.15) is 99.3 Å². The van der Waals surface area contributed by atoms with E-state index < -0.39 is 0 Å². The van der Waals surface area contributed by atoms with Crippen LogP contribution in [0.4, 0.5) is 0 Å². The topological polar surface area (TPSA) is 67.2 Å². The fourth-order valence-corrected chi connectivity index (χ4v) is 6.42. The average molecular weight is 852 g/mol. The van der Waals surface area contributed by atoms with Gasteiger partial charge in [-0.3, -0.25) is 9.78 Å². The zero-order chi connectivity index (χ0) is 35.9. The van der Waals surface area contributed by atoms with Crippen LogP contribution < -0.4 is 4.57 Å². The molecule has 0 fully saturated rings. The zero-order valence-electron chi connectivity index (χ0n) is 31.4. The van der Waals surface area contributed by atoms with Gasteiger partial charge in [0.2, 0.25) is 0 Å². The Balaban J connectivity index is 0.000000361. The summed E-state index contributed by atoms with van der Waals surface area (Å²) in [7, 11) is 4.26. The summed E-state index contributed by atoms with van der Waals surface area (Å²) in [5, 5.41) is 13.2. The van der Waals surface area contributed by atoms with Crippen molar-refractivity contribution in [1.82, 2.24) is 4.98 Å². The molecule has 0 atom stereocenters. The minimum absolute atomic E-state index is 0. The maximum atomic E-state index is 11.7. The minimum Gasteiger partial charge on any atom is -0.512 e. The largest absolute Gasteiger partial charge is 0.512 e. The monoisotopic (exact) mass is 852 g/mol. The Hall–Kier alpha value is -3.73. The Morgan fingerprint density at radius 2 is 1.64 bits per heavy atom. The van der Waals surface area contributed by atoms with E-state index in [4.69, 9.17) is 4.42 Å². The van der Waals surface area contributed by atoms with Crippen LogP contribution in [-0.4, -0.2) is 15.9 Å². The average Bonchev–Trinajstić information content (AvgIpc) is 3.47. The number of aliphatic hydroxyl groups excluding tert-OH is 1. The van der Waals surface area contributed by atoms with Crippen LogP contribution in [0.25, 0.3) is 44.1 Å². The molecule has 0 amide bonds. The fraction of sp³-hybridized carbons (Fsp3) is 0.409. The molecule has 0 spiro atoms. The molecular weight excluding hydrogens is 797 g/mol. The Morgan fingerprint density at radius 1 is 0.980 bits per heavy atom. The first-order valence-corrected chi connectivity index (χ1v) is 17.9. The first kappa shape index (κ1) is 40.7. The standard InChI is InChI=1S/C31H31N2O.C13H24O2.Ir/c1-20(2)13-25-15-24-18-32-19-27(30(24)34-25)22-11-12-33(6)29(17-22)23-14-21-9-7-8-10-26(21)28(16-23)31(3,4)5;1-5-10(6-2)12(14)9-13(15)11(7-3)8-4;/h7-12,15-20H,6,13H2,1-5H3;9-11,14H,5-8H2,1-4H3;/q-1;;/b;12-9-;. The Bertz CT molecular complexity index is 1910. The molecule has 0 aliphatic carbocycles. The third-order valence-corrected chi connectivity index (χ3v) is 9.37. The normalized spacial score (nSPS) is 12.0. The van der Waals surface area contributed by atoms with Gasteiger partial charge < -0.3 is 14.1 Å². The summed E-state index contributed by atoms with van der Waals surface area (Å²) in [6.07, 6.45) is 11.6. The number of hydrogen-bond donors (Lipinski definition) is 1. The van der Waals surface area contributed by atoms with Gasteiger partial charge in [0, 0.05) is 74.8 Å². The fourth-order valence-electron chi connectivity index (χ4n) is 6.42. The van der Waals surface area contributed by atoms with E-state index in [2.05, 4.69) is 101 Å².